The van der Waals surface area contributed by atoms with E-state index in [0.717, 1.165) is 24.1 Å². The van der Waals surface area contributed by atoms with E-state index >= 15 is 0 Å². The molecule has 0 spiro atoms. The van der Waals surface area contributed by atoms with Crippen LogP contribution in [0.5, 0.6) is 0 Å². The molecule has 1 aromatic rings. The summed E-state index contributed by atoms with van der Waals surface area (Å²) < 4.78 is 27.4. The fourth-order valence-corrected chi connectivity index (χ4v) is 2.64. The van der Waals surface area contributed by atoms with Crippen molar-refractivity contribution in [3.63, 3.8) is 0 Å². The molecule has 4 nitrogen and oxygen atoms in total. The van der Waals surface area contributed by atoms with Crippen LogP contribution in [0.15, 0.2) is 29.2 Å². The Morgan fingerprint density at radius 3 is 2.28 bits per heavy atom. The first-order valence-electron chi connectivity index (χ1n) is 6.23. The first-order valence-corrected chi connectivity index (χ1v) is 7.71. The molecule has 0 saturated carbocycles. The first kappa shape index (κ1) is 15.1. The van der Waals surface area contributed by atoms with E-state index in [1.54, 1.807) is 24.3 Å². The first-order chi connectivity index (χ1) is 8.43. The molecule has 1 N–H and O–H groups in total. The fraction of sp³-hybridized carbons (Fsp3) is 0.538. The van der Waals surface area contributed by atoms with Gasteiger partial charge in [0.25, 0.3) is 0 Å². The lowest BCUT2D eigenvalue weighted by Gasteiger charge is -2.32. The highest BCUT2D eigenvalue weighted by Gasteiger charge is 2.18. The van der Waals surface area contributed by atoms with Crippen LogP contribution in [0, 0.1) is 6.07 Å². The Morgan fingerprint density at radius 1 is 1.22 bits per heavy atom. The number of nitrogens with zero attached hydrogens (tertiary/aromatic N) is 1. The Labute approximate surface area is 110 Å². The van der Waals surface area contributed by atoms with Crippen molar-refractivity contribution >= 4 is 10.0 Å². The monoisotopic (exact) mass is 270 g/mol. The molecule has 101 valence electrons. The molecule has 0 saturated heterocycles. The van der Waals surface area contributed by atoms with Crippen molar-refractivity contribution in [1.82, 2.24) is 4.72 Å². The molecule has 0 aliphatic carbocycles. The van der Waals surface area contributed by atoms with E-state index in [9.17, 15) is 8.42 Å². The highest BCUT2D eigenvalue weighted by atomic mass is 32.2. The minimum absolute atomic E-state index is 0.295. The van der Waals surface area contributed by atoms with Gasteiger partial charge in [0, 0.05) is 0 Å². The summed E-state index contributed by atoms with van der Waals surface area (Å²) >= 11 is 0. The molecule has 0 aliphatic rings. The van der Waals surface area contributed by atoms with Crippen LogP contribution >= 0.6 is 0 Å². The van der Waals surface area contributed by atoms with E-state index in [1.807, 2.05) is 0 Å². The van der Waals surface area contributed by atoms with Gasteiger partial charge in [0.2, 0.25) is 10.0 Å². The van der Waals surface area contributed by atoms with Crippen LogP contribution < -0.4 is 4.72 Å². The molecule has 0 aromatic heterocycles. The van der Waals surface area contributed by atoms with Crippen LogP contribution in [0.3, 0.4) is 0 Å². The average molecular weight is 270 g/mol. The van der Waals surface area contributed by atoms with Gasteiger partial charge in [0.15, 0.2) is 0 Å². The third-order valence-corrected chi connectivity index (χ3v) is 4.95. The Balaban J connectivity index is 2.59. The van der Waals surface area contributed by atoms with Crippen LogP contribution in [-0.4, -0.2) is 46.1 Å². The number of hydrogen-bond acceptors (Lipinski definition) is 2. The summed E-state index contributed by atoms with van der Waals surface area (Å²) in [6.45, 7) is 7.48. The van der Waals surface area contributed by atoms with Crippen LogP contribution in [-0.2, 0) is 10.0 Å². The Hall–Kier alpha value is -0.910. The zero-order valence-corrected chi connectivity index (χ0v) is 12.1. The molecular formula is C13H22N2O2S+. The van der Waals surface area contributed by atoms with Gasteiger partial charge in [-0.1, -0.05) is 12.1 Å². The molecule has 1 rings (SSSR count). The predicted molar refractivity (Wildman–Crippen MR) is 72.6 cm³/mol. The second kappa shape index (κ2) is 6.31. The minimum atomic E-state index is -3.38. The highest BCUT2D eigenvalue weighted by Crippen LogP contribution is 2.07. The Kier molecular flexibility index (Phi) is 5.31. The Bertz CT molecular complexity index is 453. The van der Waals surface area contributed by atoms with E-state index in [1.165, 1.54) is 0 Å². The van der Waals surface area contributed by atoms with Gasteiger partial charge in [-0.05, 0) is 32.0 Å². The van der Waals surface area contributed by atoms with Crippen LogP contribution in [0.4, 0.5) is 0 Å². The molecular weight excluding hydrogens is 248 g/mol. The van der Waals surface area contributed by atoms with Gasteiger partial charge < -0.3 is 4.48 Å². The van der Waals surface area contributed by atoms with Crippen molar-refractivity contribution in [2.24, 2.45) is 0 Å². The van der Waals surface area contributed by atoms with Crippen molar-refractivity contribution in [2.45, 2.75) is 18.7 Å². The third kappa shape index (κ3) is 4.08. The van der Waals surface area contributed by atoms with Crippen molar-refractivity contribution in [3.8, 4) is 0 Å². The van der Waals surface area contributed by atoms with Crippen molar-refractivity contribution < 1.29 is 12.9 Å². The molecule has 5 heteroatoms. The normalized spacial score (nSPS) is 12.6. The summed E-state index contributed by atoms with van der Waals surface area (Å²) in [6, 6.07) is 9.12. The zero-order chi connectivity index (χ0) is 13.6. The van der Waals surface area contributed by atoms with Gasteiger partial charge in [0.05, 0.1) is 38.1 Å². The second-order valence-corrected chi connectivity index (χ2v) is 6.38. The van der Waals surface area contributed by atoms with E-state index in [2.05, 4.69) is 31.7 Å². The molecule has 0 unspecified atom stereocenters. The average Bonchev–Trinajstić information content (AvgIpc) is 2.39. The predicted octanol–water partition coefficient (Wildman–Crippen LogP) is 1.25. The smallest absolute Gasteiger partial charge is 0.240 e. The highest BCUT2D eigenvalue weighted by molar-refractivity contribution is 7.89. The molecule has 0 atom stereocenters. The van der Waals surface area contributed by atoms with Gasteiger partial charge in [-0.3, -0.25) is 0 Å². The second-order valence-electron chi connectivity index (χ2n) is 4.61. The third-order valence-electron chi connectivity index (χ3n) is 3.47. The quantitative estimate of drug-likeness (QED) is 0.758. The number of rotatable bonds is 7. The fourth-order valence-electron chi connectivity index (χ4n) is 1.62. The molecule has 0 fully saturated rings. The molecule has 1 radical (unpaired) electrons. The van der Waals surface area contributed by atoms with E-state index in [-0.39, 0.29) is 0 Å². The molecule has 0 heterocycles. The molecule has 0 amide bonds. The van der Waals surface area contributed by atoms with E-state index in [0.29, 0.717) is 11.4 Å². The summed E-state index contributed by atoms with van der Waals surface area (Å²) in [5, 5.41) is 0. The largest absolute Gasteiger partial charge is 0.325 e. The zero-order valence-electron chi connectivity index (χ0n) is 11.3. The SMILES string of the molecule is CC[N+](C)(CC)CCNS(=O)(=O)c1cc[c]cc1. The standard InChI is InChI=1S/C13H22N2O2S/c1-4-15(3,5-2)12-11-14-18(16,17)13-9-7-6-8-10-13/h7-10,14H,4-5,11-12H2,1-3H3/q+1. The maximum absolute atomic E-state index is 12.0. The molecule has 1 aromatic carbocycles. The summed E-state index contributed by atoms with van der Waals surface area (Å²) in [5.74, 6) is 0. The maximum atomic E-state index is 12.0. The van der Waals surface area contributed by atoms with Gasteiger partial charge in [-0.25, -0.2) is 13.1 Å². The number of hydrogen-bond donors (Lipinski definition) is 1. The summed E-state index contributed by atoms with van der Waals surface area (Å²) in [5.41, 5.74) is 0. The van der Waals surface area contributed by atoms with Crippen LogP contribution in [0.1, 0.15) is 13.8 Å². The lowest BCUT2D eigenvalue weighted by atomic mass is 10.4. The van der Waals surface area contributed by atoms with Crippen molar-refractivity contribution in [3.05, 3.63) is 30.3 Å². The van der Waals surface area contributed by atoms with Gasteiger partial charge in [0.1, 0.15) is 0 Å². The number of quaternary nitrogens is 1. The minimum Gasteiger partial charge on any atom is -0.325 e. The summed E-state index contributed by atoms with van der Waals surface area (Å²) in [6.07, 6.45) is 0. The van der Waals surface area contributed by atoms with Gasteiger partial charge in [-0.2, -0.15) is 0 Å². The lowest BCUT2D eigenvalue weighted by molar-refractivity contribution is -0.904. The number of benzene rings is 1. The number of sulfonamides is 1. The lowest BCUT2D eigenvalue weighted by Crippen LogP contribution is -2.48. The van der Waals surface area contributed by atoms with Crippen LogP contribution in [0.25, 0.3) is 0 Å². The molecule has 0 aliphatic heterocycles. The van der Waals surface area contributed by atoms with E-state index in [4.69, 9.17) is 0 Å². The molecule has 18 heavy (non-hydrogen) atoms. The van der Waals surface area contributed by atoms with Crippen LogP contribution in [0.2, 0.25) is 0 Å². The van der Waals surface area contributed by atoms with Crippen molar-refractivity contribution in [1.29, 1.82) is 0 Å². The number of nitrogens with one attached hydrogen (secondary N) is 1. The summed E-state index contributed by atoms with van der Waals surface area (Å²) in [7, 11) is -1.25. The van der Waals surface area contributed by atoms with E-state index < -0.39 is 10.0 Å². The summed E-state index contributed by atoms with van der Waals surface area (Å²) in [4.78, 5) is 0.295. The topological polar surface area (TPSA) is 46.2 Å². The van der Waals surface area contributed by atoms with Crippen molar-refractivity contribution in [2.75, 3.05) is 33.2 Å². The van der Waals surface area contributed by atoms with Gasteiger partial charge >= 0.3 is 0 Å². The Morgan fingerprint density at radius 2 is 1.78 bits per heavy atom. The maximum Gasteiger partial charge on any atom is 0.240 e. The number of likely N-dealkylation sites (N-methyl/N-ethyl adjacent to an activating group) is 1. The molecule has 0 bridgehead atoms. The van der Waals surface area contributed by atoms with Gasteiger partial charge in [-0.15, -0.1) is 0 Å².